The highest BCUT2D eigenvalue weighted by Crippen LogP contribution is 2.41. The van der Waals surface area contributed by atoms with E-state index in [0.717, 1.165) is 11.8 Å². The van der Waals surface area contributed by atoms with E-state index in [0.29, 0.717) is 0 Å². The van der Waals surface area contributed by atoms with Gasteiger partial charge in [0.2, 0.25) is 5.90 Å². The lowest BCUT2D eigenvalue weighted by atomic mass is 10.0. The average Bonchev–Trinajstić information content (AvgIpc) is 3.13. The van der Waals surface area contributed by atoms with E-state index in [2.05, 4.69) is 0 Å². The van der Waals surface area contributed by atoms with Crippen molar-refractivity contribution in [2.45, 2.75) is 32.8 Å². The van der Waals surface area contributed by atoms with Crippen LogP contribution in [0, 0.1) is 5.41 Å². The molecule has 0 spiro atoms. The number of nitrogens with one attached hydrogen (secondary N) is 1. The third-order valence-corrected chi connectivity index (χ3v) is 9.13. The molecular weight excluding hydrogens is 729 g/mol. The van der Waals surface area contributed by atoms with E-state index in [1.54, 1.807) is 84.9 Å². The molecule has 0 radical (unpaired) electrons. The summed E-state index contributed by atoms with van der Waals surface area (Å²) < 4.78 is 27.0. The van der Waals surface area contributed by atoms with Gasteiger partial charge in [0.15, 0.2) is 23.7 Å². The Bertz CT molecular complexity index is 1800. The van der Waals surface area contributed by atoms with Gasteiger partial charge < -0.3 is 23.7 Å². The van der Waals surface area contributed by atoms with Gasteiger partial charge in [-0.1, -0.05) is 108 Å². The summed E-state index contributed by atoms with van der Waals surface area (Å²) in [6.45, 7) is -0.412. The monoisotopic (exact) mass is 755 g/mol. The number of alkyl halides is 3. The second-order valence-electron chi connectivity index (χ2n) is 10.7. The van der Waals surface area contributed by atoms with E-state index in [-0.39, 0.29) is 22.3 Å². The van der Waals surface area contributed by atoms with Crippen LogP contribution in [0.4, 0.5) is 0 Å². The van der Waals surface area contributed by atoms with E-state index < -0.39 is 69.2 Å². The smallest absolute Gasteiger partial charge is 0.338 e. The van der Waals surface area contributed by atoms with Crippen molar-refractivity contribution in [2.24, 2.45) is 0 Å². The van der Waals surface area contributed by atoms with Crippen molar-refractivity contribution in [3.05, 3.63) is 144 Å². The minimum absolute atomic E-state index is 0.130. The van der Waals surface area contributed by atoms with Crippen LogP contribution in [0.25, 0.3) is 0 Å². The molecule has 1 fully saturated rings. The van der Waals surface area contributed by atoms with Crippen LogP contribution in [-0.4, -0.2) is 69.2 Å². The van der Waals surface area contributed by atoms with Gasteiger partial charge in [-0.15, -0.1) is 11.8 Å². The number of hydrogen-bond donors (Lipinski definition) is 1. The molecule has 0 aromatic heterocycles. The Morgan fingerprint density at radius 2 is 0.900 bits per heavy atom. The molecule has 0 amide bonds. The molecule has 10 nitrogen and oxygen atoms in total. The number of carbonyl (C=O) groups is 4. The number of carbonyl (C=O) groups excluding carboxylic acids is 4. The van der Waals surface area contributed by atoms with Crippen molar-refractivity contribution < 1.29 is 42.9 Å². The molecule has 14 heteroatoms. The van der Waals surface area contributed by atoms with E-state index in [1.165, 1.54) is 36.4 Å². The first-order chi connectivity index (χ1) is 24.0. The fourth-order valence-corrected chi connectivity index (χ4v) is 6.31. The van der Waals surface area contributed by atoms with Gasteiger partial charge >= 0.3 is 23.9 Å². The van der Waals surface area contributed by atoms with E-state index in [4.69, 9.17) is 63.9 Å². The van der Waals surface area contributed by atoms with Crippen LogP contribution in [0.2, 0.25) is 0 Å². The Labute approximate surface area is 306 Å². The molecule has 50 heavy (non-hydrogen) atoms. The summed E-state index contributed by atoms with van der Waals surface area (Å²) in [7, 11) is 0. The highest BCUT2D eigenvalue weighted by Gasteiger charge is 2.54. The van der Waals surface area contributed by atoms with Crippen molar-refractivity contribution in [3.63, 3.8) is 0 Å². The third kappa shape index (κ3) is 9.57. The number of hydrogen-bond acceptors (Lipinski definition) is 11. The highest BCUT2D eigenvalue weighted by molar-refractivity contribution is 8.00. The molecule has 0 bridgehead atoms. The van der Waals surface area contributed by atoms with Gasteiger partial charge in [0, 0.05) is 0 Å². The first-order valence-electron chi connectivity index (χ1n) is 15.0. The van der Waals surface area contributed by atoms with Gasteiger partial charge in [-0.25, -0.2) is 19.2 Å². The van der Waals surface area contributed by atoms with Crippen LogP contribution in [0.5, 0.6) is 0 Å². The molecule has 0 unspecified atom stereocenters. The summed E-state index contributed by atoms with van der Waals surface area (Å²) in [5.74, 6) is -4.06. The Balaban J connectivity index is 1.58. The molecule has 1 saturated heterocycles. The topological polar surface area (TPSA) is 138 Å². The molecule has 5 atom stereocenters. The fourth-order valence-electron chi connectivity index (χ4n) is 4.81. The molecule has 1 heterocycles. The van der Waals surface area contributed by atoms with Crippen molar-refractivity contribution in [2.75, 3.05) is 6.61 Å². The number of thioether (sulfide) groups is 1. The first kappa shape index (κ1) is 36.7. The largest absolute Gasteiger partial charge is 0.461 e. The number of ether oxygens (including phenoxy) is 5. The summed E-state index contributed by atoms with van der Waals surface area (Å²) in [6.07, 6.45) is -4.58. The molecular formula is C36H28Cl3NO9S. The van der Waals surface area contributed by atoms with Crippen LogP contribution < -0.4 is 0 Å². The van der Waals surface area contributed by atoms with Crippen LogP contribution in [-0.2, 0) is 23.7 Å². The quantitative estimate of drug-likeness (QED) is 0.0576. The Hall–Kier alpha value is -4.55. The molecule has 5 rings (SSSR count). The molecule has 0 aliphatic carbocycles. The molecule has 4 aromatic rings. The summed E-state index contributed by atoms with van der Waals surface area (Å²) in [4.78, 5) is 53.7. The van der Waals surface area contributed by atoms with E-state index in [9.17, 15) is 19.2 Å². The normalized spacial score (nSPS) is 20.1. The molecule has 1 aliphatic heterocycles. The molecule has 1 N–H and O–H groups in total. The zero-order chi connectivity index (χ0) is 35.7. The van der Waals surface area contributed by atoms with Crippen molar-refractivity contribution in [1.82, 2.24) is 0 Å². The third-order valence-electron chi connectivity index (χ3n) is 7.23. The zero-order valence-electron chi connectivity index (χ0n) is 25.9. The summed E-state index contributed by atoms with van der Waals surface area (Å²) in [5, 5.41) is 7.29. The Morgan fingerprint density at radius 3 is 1.30 bits per heavy atom. The zero-order valence-corrected chi connectivity index (χ0v) is 28.9. The SMILES string of the molecule is N=C(O[C@H]1S[C@H](COC(=O)c2ccccc2)[C@@H](OC(=O)c2ccccc2)[C@H](OC(=O)c2ccccc2)[C@H]1OC(=O)c1ccccc1)C(Cl)(Cl)Cl. The number of halogens is 3. The van der Waals surface area contributed by atoms with Crippen LogP contribution in [0.15, 0.2) is 121 Å². The molecule has 258 valence electrons. The molecule has 0 saturated carbocycles. The standard InChI is InChI=1S/C36H28Cl3NO9S/c37-36(38,39)35(40)49-34-29(48-33(44)25-19-11-4-12-20-25)28(47-32(43)24-17-9-3-10-18-24)27(46-31(42)23-15-7-2-8-16-23)26(50-34)21-45-30(41)22-13-5-1-6-14-22/h1-20,26-29,34,40H,21H2/t26-,27-,28+,29-,34+/m1/s1. The lowest BCUT2D eigenvalue weighted by Crippen LogP contribution is -2.60. The van der Waals surface area contributed by atoms with Gasteiger partial charge in [-0.05, 0) is 48.5 Å². The van der Waals surface area contributed by atoms with Gasteiger partial charge in [0.25, 0.3) is 3.79 Å². The predicted octanol–water partition coefficient (Wildman–Crippen LogP) is 7.33. The second-order valence-corrected chi connectivity index (χ2v) is 14.3. The number of benzene rings is 4. The molecule has 4 aromatic carbocycles. The van der Waals surface area contributed by atoms with Gasteiger partial charge in [-0.2, -0.15) is 0 Å². The van der Waals surface area contributed by atoms with Gasteiger partial charge in [0.05, 0.1) is 27.5 Å². The maximum absolute atomic E-state index is 13.6. The minimum atomic E-state index is -2.34. The van der Waals surface area contributed by atoms with Crippen LogP contribution in [0.1, 0.15) is 41.4 Å². The lowest BCUT2D eigenvalue weighted by Gasteiger charge is -2.44. The van der Waals surface area contributed by atoms with Crippen molar-refractivity contribution in [3.8, 4) is 0 Å². The number of esters is 4. The fraction of sp³-hybridized carbons (Fsp3) is 0.194. The highest BCUT2D eigenvalue weighted by atomic mass is 35.6. The summed E-state index contributed by atoms with van der Waals surface area (Å²) in [6, 6.07) is 32.1. The Morgan fingerprint density at radius 1 is 0.540 bits per heavy atom. The first-order valence-corrected chi connectivity index (χ1v) is 17.1. The van der Waals surface area contributed by atoms with Gasteiger partial charge in [-0.3, -0.25) is 5.41 Å². The Kier molecular flexibility index (Phi) is 12.4. The average molecular weight is 757 g/mol. The van der Waals surface area contributed by atoms with E-state index >= 15 is 0 Å². The minimum Gasteiger partial charge on any atom is -0.461 e. The summed E-state index contributed by atoms with van der Waals surface area (Å²) in [5.41, 5.74) is -0.729. The maximum Gasteiger partial charge on any atom is 0.338 e. The number of rotatable bonds is 10. The van der Waals surface area contributed by atoms with Crippen LogP contribution >= 0.6 is 46.6 Å². The van der Waals surface area contributed by atoms with Crippen molar-refractivity contribution >= 4 is 76.3 Å². The predicted molar refractivity (Wildman–Crippen MR) is 188 cm³/mol. The van der Waals surface area contributed by atoms with Crippen molar-refractivity contribution in [1.29, 1.82) is 5.41 Å². The maximum atomic E-state index is 13.6. The van der Waals surface area contributed by atoms with Crippen LogP contribution in [0.3, 0.4) is 0 Å². The van der Waals surface area contributed by atoms with Gasteiger partial charge in [0.1, 0.15) is 6.61 Å². The second kappa shape index (κ2) is 16.9. The van der Waals surface area contributed by atoms with E-state index in [1.807, 2.05) is 0 Å². The molecule has 1 aliphatic rings. The summed E-state index contributed by atoms with van der Waals surface area (Å²) >= 11 is 18.8. The lowest BCUT2D eigenvalue weighted by molar-refractivity contribution is -0.112.